The first kappa shape index (κ1) is 18.4. The van der Waals surface area contributed by atoms with Gasteiger partial charge in [0.25, 0.3) is 11.6 Å². The fraction of sp³-hybridized carbons (Fsp3) is 0.211. The third-order valence-corrected chi connectivity index (χ3v) is 4.18. The molecule has 29 heavy (non-hydrogen) atoms. The largest absolute Gasteiger partial charge is 0.486 e. The molecule has 1 aliphatic heterocycles. The number of non-ortho nitro benzene ring substituents is 1. The van der Waals surface area contributed by atoms with Crippen LogP contribution in [0.25, 0.3) is 11.5 Å². The van der Waals surface area contributed by atoms with Gasteiger partial charge in [-0.2, -0.15) is 0 Å². The number of nitro benzene ring substituents is 1. The Morgan fingerprint density at radius 1 is 1.10 bits per heavy atom. The van der Waals surface area contributed by atoms with Crippen LogP contribution in [-0.2, 0) is 4.74 Å². The minimum Gasteiger partial charge on any atom is -0.486 e. The number of carbonyl (C=O) groups excluding carboxylic acids is 1. The Kier molecular flexibility index (Phi) is 4.82. The number of carbonyl (C=O) groups is 1. The van der Waals surface area contributed by atoms with Crippen molar-refractivity contribution in [3.05, 3.63) is 64.0 Å². The number of ether oxygens (including phenoxy) is 3. The van der Waals surface area contributed by atoms with E-state index in [1.165, 1.54) is 24.3 Å². The van der Waals surface area contributed by atoms with Gasteiger partial charge >= 0.3 is 5.97 Å². The van der Waals surface area contributed by atoms with E-state index in [4.69, 9.17) is 18.6 Å². The summed E-state index contributed by atoms with van der Waals surface area (Å²) in [4.78, 5) is 22.7. The molecule has 0 saturated heterocycles. The molecule has 10 nitrogen and oxygen atoms in total. The molecule has 0 aliphatic carbocycles. The zero-order valence-electron chi connectivity index (χ0n) is 15.2. The molecule has 0 N–H and O–H groups in total. The zero-order chi connectivity index (χ0) is 20.4. The number of hydrogen-bond acceptors (Lipinski definition) is 9. The van der Waals surface area contributed by atoms with Crippen molar-refractivity contribution in [1.29, 1.82) is 0 Å². The van der Waals surface area contributed by atoms with E-state index in [2.05, 4.69) is 10.2 Å². The number of nitro groups is 1. The Bertz CT molecular complexity index is 1060. The molecule has 3 aromatic rings. The quantitative estimate of drug-likeness (QED) is 0.362. The van der Waals surface area contributed by atoms with Crippen molar-refractivity contribution in [1.82, 2.24) is 10.2 Å². The Morgan fingerprint density at radius 2 is 1.83 bits per heavy atom. The SMILES string of the molecule is CC(OC(=O)c1ccc2c(c1)OCCO2)c1nnc(-c2ccc([N+](=O)[O-])cc2)o1. The molecule has 0 amide bonds. The van der Waals surface area contributed by atoms with Gasteiger partial charge in [-0.1, -0.05) is 0 Å². The lowest BCUT2D eigenvalue weighted by molar-refractivity contribution is -0.384. The molecule has 2 heterocycles. The van der Waals surface area contributed by atoms with Gasteiger partial charge < -0.3 is 18.6 Å². The van der Waals surface area contributed by atoms with Crippen LogP contribution in [0.2, 0.25) is 0 Å². The molecule has 0 bridgehead atoms. The lowest BCUT2D eigenvalue weighted by atomic mass is 10.2. The van der Waals surface area contributed by atoms with Gasteiger partial charge in [0, 0.05) is 17.7 Å². The molecule has 0 saturated carbocycles. The van der Waals surface area contributed by atoms with Gasteiger partial charge in [-0.25, -0.2) is 4.79 Å². The third-order valence-electron chi connectivity index (χ3n) is 4.18. The Labute approximate surface area is 164 Å². The number of rotatable bonds is 5. The van der Waals surface area contributed by atoms with Crippen LogP contribution in [0.5, 0.6) is 11.5 Å². The summed E-state index contributed by atoms with van der Waals surface area (Å²) in [5.41, 5.74) is 0.770. The predicted octanol–water partition coefficient (Wildman–Crippen LogP) is 3.33. The molecule has 0 radical (unpaired) electrons. The van der Waals surface area contributed by atoms with Crippen LogP contribution in [0.15, 0.2) is 46.9 Å². The van der Waals surface area contributed by atoms with Crippen molar-refractivity contribution in [2.24, 2.45) is 0 Å². The van der Waals surface area contributed by atoms with Crippen LogP contribution in [0.3, 0.4) is 0 Å². The van der Waals surface area contributed by atoms with E-state index in [0.29, 0.717) is 35.8 Å². The Hall–Kier alpha value is -3.95. The van der Waals surface area contributed by atoms with Crippen molar-refractivity contribution < 1.29 is 28.3 Å². The van der Waals surface area contributed by atoms with Gasteiger partial charge in [-0.05, 0) is 37.3 Å². The van der Waals surface area contributed by atoms with Crippen LogP contribution in [0.4, 0.5) is 5.69 Å². The predicted molar refractivity (Wildman–Crippen MR) is 97.7 cm³/mol. The number of nitrogens with zero attached hydrogens (tertiary/aromatic N) is 3. The maximum Gasteiger partial charge on any atom is 0.339 e. The highest BCUT2D eigenvalue weighted by Gasteiger charge is 2.22. The minimum absolute atomic E-state index is 0.0461. The molecule has 10 heteroatoms. The summed E-state index contributed by atoms with van der Waals surface area (Å²) >= 11 is 0. The summed E-state index contributed by atoms with van der Waals surface area (Å²) in [6.45, 7) is 2.47. The summed E-state index contributed by atoms with van der Waals surface area (Å²) in [6.07, 6.45) is -0.796. The van der Waals surface area contributed by atoms with Crippen molar-refractivity contribution in [2.75, 3.05) is 13.2 Å². The molecule has 2 aromatic carbocycles. The molecule has 1 unspecified atom stereocenters. The van der Waals surface area contributed by atoms with E-state index in [1.54, 1.807) is 25.1 Å². The van der Waals surface area contributed by atoms with E-state index in [9.17, 15) is 14.9 Å². The molecular weight excluding hydrogens is 382 g/mol. The minimum atomic E-state index is -0.796. The fourth-order valence-corrected chi connectivity index (χ4v) is 2.69. The summed E-state index contributed by atoms with van der Waals surface area (Å²) in [5.74, 6) is 0.744. The molecule has 0 fully saturated rings. The highest BCUT2D eigenvalue weighted by atomic mass is 16.6. The second-order valence-corrected chi connectivity index (χ2v) is 6.16. The smallest absolute Gasteiger partial charge is 0.339 e. The maximum atomic E-state index is 12.4. The monoisotopic (exact) mass is 397 g/mol. The molecule has 1 atom stereocenters. The maximum absolute atomic E-state index is 12.4. The normalized spacial score (nSPS) is 13.6. The fourth-order valence-electron chi connectivity index (χ4n) is 2.69. The summed E-state index contributed by atoms with van der Waals surface area (Å²) in [6, 6.07) is 10.5. The summed E-state index contributed by atoms with van der Waals surface area (Å²) < 4.78 is 21.8. The number of benzene rings is 2. The van der Waals surface area contributed by atoms with Crippen molar-refractivity contribution >= 4 is 11.7 Å². The topological polar surface area (TPSA) is 127 Å². The van der Waals surface area contributed by atoms with Crippen LogP contribution in [0.1, 0.15) is 29.3 Å². The first-order valence-corrected chi connectivity index (χ1v) is 8.70. The van der Waals surface area contributed by atoms with E-state index in [-0.39, 0.29) is 17.5 Å². The second kappa shape index (κ2) is 7.58. The molecule has 1 aliphatic rings. The van der Waals surface area contributed by atoms with Gasteiger partial charge in [0.15, 0.2) is 17.6 Å². The third kappa shape index (κ3) is 3.86. The van der Waals surface area contributed by atoms with Crippen LogP contribution in [-0.4, -0.2) is 34.3 Å². The molecule has 1 aromatic heterocycles. The highest BCUT2D eigenvalue weighted by molar-refractivity contribution is 5.90. The van der Waals surface area contributed by atoms with Crippen molar-refractivity contribution in [2.45, 2.75) is 13.0 Å². The first-order valence-electron chi connectivity index (χ1n) is 8.70. The molecular formula is C19H15N3O7. The standard InChI is InChI=1S/C19H15N3O7/c1-11(28-19(23)13-4-7-15-16(10-13)27-9-8-26-15)17-20-21-18(29-17)12-2-5-14(6-3-12)22(24)25/h2-7,10-11H,8-9H2,1H3. The van der Waals surface area contributed by atoms with Crippen molar-refractivity contribution in [3.63, 3.8) is 0 Å². The molecule has 148 valence electrons. The molecule has 0 spiro atoms. The van der Waals surface area contributed by atoms with Crippen LogP contribution >= 0.6 is 0 Å². The first-order chi connectivity index (χ1) is 14.0. The Balaban J connectivity index is 1.45. The number of aromatic nitrogens is 2. The highest BCUT2D eigenvalue weighted by Crippen LogP contribution is 2.31. The zero-order valence-corrected chi connectivity index (χ0v) is 15.2. The van der Waals surface area contributed by atoms with Gasteiger partial charge in [0.2, 0.25) is 5.89 Å². The second-order valence-electron chi connectivity index (χ2n) is 6.16. The summed E-state index contributed by atoms with van der Waals surface area (Å²) in [5, 5.41) is 18.5. The van der Waals surface area contributed by atoms with E-state index in [0.717, 1.165) is 0 Å². The number of fused-ring (bicyclic) bond motifs is 1. The van der Waals surface area contributed by atoms with E-state index >= 15 is 0 Å². The number of hydrogen-bond donors (Lipinski definition) is 0. The van der Waals surface area contributed by atoms with Crippen molar-refractivity contribution in [3.8, 4) is 23.0 Å². The van der Waals surface area contributed by atoms with Gasteiger partial charge in [-0.3, -0.25) is 10.1 Å². The Morgan fingerprint density at radius 3 is 2.55 bits per heavy atom. The lowest BCUT2D eigenvalue weighted by Crippen LogP contribution is -2.16. The van der Waals surface area contributed by atoms with Gasteiger partial charge in [0.1, 0.15) is 13.2 Å². The summed E-state index contributed by atoms with van der Waals surface area (Å²) in [7, 11) is 0. The molecule has 4 rings (SSSR count). The van der Waals surface area contributed by atoms with Gasteiger partial charge in [-0.15, -0.1) is 10.2 Å². The van der Waals surface area contributed by atoms with Gasteiger partial charge in [0.05, 0.1) is 10.5 Å². The number of esters is 1. The van der Waals surface area contributed by atoms with E-state index in [1.807, 2.05) is 0 Å². The lowest BCUT2D eigenvalue weighted by Gasteiger charge is -2.18. The van der Waals surface area contributed by atoms with E-state index < -0.39 is 17.0 Å². The van der Waals surface area contributed by atoms with Crippen LogP contribution < -0.4 is 9.47 Å². The van der Waals surface area contributed by atoms with Crippen LogP contribution in [0, 0.1) is 10.1 Å². The average molecular weight is 397 g/mol. The average Bonchev–Trinajstić information content (AvgIpc) is 3.24.